The molecule has 0 amide bonds. The van der Waals surface area contributed by atoms with Crippen molar-refractivity contribution >= 4 is 5.97 Å². The van der Waals surface area contributed by atoms with E-state index in [2.05, 4.69) is 5.10 Å². The molecule has 110 valence electrons. The zero-order valence-electron chi connectivity index (χ0n) is 12.0. The summed E-state index contributed by atoms with van der Waals surface area (Å²) in [6, 6.07) is 19.7. The monoisotopic (exact) mass is 292 g/mol. The van der Waals surface area contributed by atoms with E-state index in [1.807, 2.05) is 60.7 Å². The summed E-state index contributed by atoms with van der Waals surface area (Å²) < 4.78 is 1.77. The van der Waals surface area contributed by atoms with Crippen LogP contribution in [0.5, 0.6) is 0 Å². The van der Waals surface area contributed by atoms with Crippen molar-refractivity contribution in [2.24, 2.45) is 0 Å². The summed E-state index contributed by atoms with van der Waals surface area (Å²) in [5, 5.41) is 13.6. The lowest BCUT2D eigenvalue weighted by Gasteiger charge is -2.09. The molecule has 0 unspecified atom stereocenters. The molecule has 2 aromatic carbocycles. The van der Waals surface area contributed by atoms with Gasteiger partial charge in [-0.15, -0.1) is 0 Å². The Kier molecular flexibility index (Phi) is 4.01. The Morgan fingerprint density at radius 2 is 1.55 bits per heavy atom. The quantitative estimate of drug-likeness (QED) is 0.785. The smallest absolute Gasteiger partial charge is 0.339 e. The predicted octanol–water partition coefficient (Wildman–Crippen LogP) is 3.22. The van der Waals surface area contributed by atoms with Crippen molar-refractivity contribution in [3.8, 4) is 0 Å². The first-order valence-electron chi connectivity index (χ1n) is 7.10. The van der Waals surface area contributed by atoms with Crippen LogP contribution in [0.1, 0.15) is 27.2 Å². The number of rotatable bonds is 5. The number of carboxylic acid groups (broad SMARTS) is 1. The van der Waals surface area contributed by atoms with E-state index in [4.69, 9.17) is 0 Å². The molecule has 0 aliphatic heterocycles. The lowest BCUT2D eigenvalue weighted by molar-refractivity contribution is 0.0695. The SMILES string of the molecule is O=C(O)c1cnn(Cc2ccccc2)c1Cc1ccccc1. The third kappa shape index (κ3) is 3.06. The van der Waals surface area contributed by atoms with Crippen LogP contribution in [0.15, 0.2) is 66.9 Å². The van der Waals surface area contributed by atoms with Gasteiger partial charge in [0.25, 0.3) is 0 Å². The molecule has 1 N–H and O–H groups in total. The van der Waals surface area contributed by atoms with Gasteiger partial charge in [0.2, 0.25) is 0 Å². The van der Waals surface area contributed by atoms with Gasteiger partial charge in [0.05, 0.1) is 18.4 Å². The number of hydrogen-bond donors (Lipinski definition) is 1. The number of aromatic carboxylic acids is 1. The molecule has 0 atom stereocenters. The molecule has 3 rings (SSSR count). The van der Waals surface area contributed by atoms with Crippen LogP contribution in [0.3, 0.4) is 0 Å². The number of aromatic nitrogens is 2. The Labute approximate surface area is 128 Å². The topological polar surface area (TPSA) is 55.1 Å². The first-order chi connectivity index (χ1) is 10.7. The normalized spacial score (nSPS) is 10.5. The number of benzene rings is 2. The first-order valence-corrected chi connectivity index (χ1v) is 7.10. The van der Waals surface area contributed by atoms with Crippen molar-refractivity contribution in [1.29, 1.82) is 0 Å². The summed E-state index contributed by atoms with van der Waals surface area (Å²) in [4.78, 5) is 11.4. The molecule has 0 saturated heterocycles. The maximum absolute atomic E-state index is 11.4. The molecule has 0 aliphatic carbocycles. The van der Waals surface area contributed by atoms with Crippen LogP contribution in [0.2, 0.25) is 0 Å². The van der Waals surface area contributed by atoms with Gasteiger partial charge in [-0.1, -0.05) is 60.7 Å². The second kappa shape index (κ2) is 6.26. The van der Waals surface area contributed by atoms with E-state index in [0.29, 0.717) is 13.0 Å². The van der Waals surface area contributed by atoms with Crippen LogP contribution >= 0.6 is 0 Å². The highest BCUT2D eigenvalue weighted by atomic mass is 16.4. The summed E-state index contributed by atoms with van der Waals surface area (Å²) in [6.45, 7) is 0.566. The molecule has 22 heavy (non-hydrogen) atoms. The number of nitrogens with zero attached hydrogens (tertiary/aromatic N) is 2. The standard InChI is InChI=1S/C18H16N2O2/c21-18(22)16-12-19-20(13-15-9-5-2-6-10-15)17(16)11-14-7-3-1-4-8-14/h1-10,12H,11,13H2,(H,21,22). The van der Waals surface area contributed by atoms with Crippen molar-refractivity contribution in [2.45, 2.75) is 13.0 Å². The van der Waals surface area contributed by atoms with E-state index < -0.39 is 5.97 Å². The molecule has 3 aromatic rings. The van der Waals surface area contributed by atoms with Gasteiger partial charge in [0.1, 0.15) is 5.56 Å². The van der Waals surface area contributed by atoms with Crippen molar-refractivity contribution in [3.63, 3.8) is 0 Å². The Morgan fingerprint density at radius 1 is 0.955 bits per heavy atom. The van der Waals surface area contributed by atoms with Gasteiger partial charge >= 0.3 is 5.97 Å². The Bertz CT molecular complexity index is 764. The second-order valence-corrected chi connectivity index (χ2v) is 5.12. The van der Waals surface area contributed by atoms with E-state index >= 15 is 0 Å². The van der Waals surface area contributed by atoms with E-state index in [-0.39, 0.29) is 5.56 Å². The Balaban J connectivity index is 1.95. The number of carbonyl (C=O) groups is 1. The highest BCUT2D eigenvalue weighted by molar-refractivity contribution is 5.88. The molecule has 0 aliphatic rings. The fourth-order valence-electron chi connectivity index (χ4n) is 2.46. The molecule has 1 aromatic heterocycles. The van der Waals surface area contributed by atoms with Crippen molar-refractivity contribution < 1.29 is 9.90 Å². The molecule has 0 bridgehead atoms. The van der Waals surface area contributed by atoms with Crippen LogP contribution in [-0.4, -0.2) is 20.9 Å². The minimum absolute atomic E-state index is 0.264. The van der Waals surface area contributed by atoms with Gasteiger partial charge in [-0.25, -0.2) is 4.79 Å². The first kappa shape index (κ1) is 14.1. The minimum Gasteiger partial charge on any atom is -0.478 e. The summed E-state index contributed by atoms with van der Waals surface area (Å²) in [6.07, 6.45) is 1.98. The molecular weight excluding hydrogens is 276 g/mol. The summed E-state index contributed by atoms with van der Waals surface area (Å²) in [5.74, 6) is -0.940. The lowest BCUT2D eigenvalue weighted by atomic mass is 10.1. The number of carboxylic acids is 1. The van der Waals surface area contributed by atoms with E-state index in [0.717, 1.165) is 16.8 Å². The van der Waals surface area contributed by atoms with Crippen LogP contribution in [0, 0.1) is 0 Å². The maximum Gasteiger partial charge on any atom is 0.339 e. The maximum atomic E-state index is 11.4. The fourth-order valence-corrected chi connectivity index (χ4v) is 2.46. The van der Waals surface area contributed by atoms with E-state index in [1.54, 1.807) is 4.68 Å². The Hall–Kier alpha value is -2.88. The molecule has 0 fully saturated rings. The molecule has 0 radical (unpaired) electrons. The third-order valence-electron chi connectivity index (χ3n) is 3.57. The van der Waals surface area contributed by atoms with Gasteiger partial charge < -0.3 is 5.11 Å². The average molecular weight is 292 g/mol. The predicted molar refractivity (Wildman–Crippen MR) is 84.0 cm³/mol. The minimum atomic E-state index is -0.940. The molecule has 0 saturated carbocycles. The highest BCUT2D eigenvalue weighted by Gasteiger charge is 2.17. The molecule has 0 spiro atoms. The van der Waals surface area contributed by atoms with E-state index in [9.17, 15) is 9.90 Å². The van der Waals surface area contributed by atoms with Crippen LogP contribution < -0.4 is 0 Å². The van der Waals surface area contributed by atoms with Gasteiger partial charge in [-0.3, -0.25) is 4.68 Å². The van der Waals surface area contributed by atoms with E-state index in [1.165, 1.54) is 6.20 Å². The zero-order valence-corrected chi connectivity index (χ0v) is 12.0. The van der Waals surface area contributed by atoms with Gasteiger partial charge in [0, 0.05) is 6.42 Å². The summed E-state index contributed by atoms with van der Waals surface area (Å²) in [7, 11) is 0. The highest BCUT2D eigenvalue weighted by Crippen LogP contribution is 2.16. The van der Waals surface area contributed by atoms with Crippen molar-refractivity contribution in [2.75, 3.05) is 0 Å². The van der Waals surface area contributed by atoms with Gasteiger partial charge in [-0.2, -0.15) is 5.10 Å². The Morgan fingerprint density at radius 3 is 2.14 bits per heavy atom. The molecule has 4 nitrogen and oxygen atoms in total. The third-order valence-corrected chi connectivity index (χ3v) is 3.57. The average Bonchev–Trinajstić information content (AvgIpc) is 2.92. The van der Waals surface area contributed by atoms with Gasteiger partial charge in [-0.05, 0) is 11.1 Å². The van der Waals surface area contributed by atoms with Crippen LogP contribution in [0.4, 0.5) is 0 Å². The van der Waals surface area contributed by atoms with Crippen molar-refractivity contribution in [3.05, 3.63) is 89.2 Å². The zero-order chi connectivity index (χ0) is 15.4. The molecule has 1 heterocycles. The van der Waals surface area contributed by atoms with Crippen LogP contribution in [-0.2, 0) is 13.0 Å². The molecular formula is C18H16N2O2. The van der Waals surface area contributed by atoms with Crippen molar-refractivity contribution in [1.82, 2.24) is 9.78 Å². The lowest BCUT2D eigenvalue weighted by Crippen LogP contribution is -2.10. The van der Waals surface area contributed by atoms with Crippen LogP contribution in [0.25, 0.3) is 0 Å². The summed E-state index contributed by atoms with van der Waals surface area (Å²) in [5.41, 5.74) is 3.15. The number of hydrogen-bond acceptors (Lipinski definition) is 2. The summed E-state index contributed by atoms with van der Waals surface area (Å²) >= 11 is 0. The molecule has 4 heteroatoms. The van der Waals surface area contributed by atoms with Gasteiger partial charge in [0.15, 0.2) is 0 Å². The fraction of sp³-hybridized carbons (Fsp3) is 0.111. The second-order valence-electron chi connectivity index (χ2n) is 5.12. The largest absolute Gasteiger partial charge is 0.478 e.